The lowest BCUT2D eigenvalue weighted by atomic mass is 10.5. The van der Waals surface area contributed by atoms with E-state index in [2.05, 4.69) is 0 Å². The standard InChI is InChI=1S/C5Cl5FN/c6-1-2(7)4(9)12(10)5(11)3(1)8/q+1. The molecule has 0 saturated carbocycles. The van der Waals surface area contributed by atoms with Crippen molar-refractivity contribution in [1.29, 1.82) is 0 Å². The van der Waals surface area contributed by atoms with Crippen molar-refractivity contribution in [3.63, 3.8) is 0 Å². The summed E-state index contributed by atoms with van der Waals surface area (Å²) in [6.45, 7) is 0. The van der Waals surface area contributed by atoms with Gasteiger partial charge in [-0.05, 0) is 15.7 Å². The van der Waals surface area contributed by atoms with E-state index in [1.807, 2.05) is 0 Å². The highest BCUT2D eigenvalue weighted by molar-refractivity contribution is 6.51. The molecule has 66 valence electrons. The van der Waals surface area contributed by atoms with Crippen molar-refractivity contribution in [3.8, 4) is 0 Å². The highest BCUT2D eigenvalue weighted by Gasteiger charge is 2.27. The lowest BCUT2D eigenvalue weighted by Gasteiger charge is -1.97. The minimum Gasteiger partial charge on any atom is -0.133 e. The molecule has 0 fully saturated rings. The molecule has 0 aromatic carbocycles. The topological polar surface area (TPSA) is 3.88 Å². The molecular formula is C5Cl5FN+. The predicted molar refractivity (Wildman–Crippen MR) is 47.9 cm³/mol. The van der Waals surface area contributed by atoms with Crippen LogP contribution in [0.4, 0.5) is 4.39 Å². The van der Waals surface area contributed by atoms with Crippen LogP contribution in [0.5, 0.6) is 0 Å². The van der Waals surface area contributed by atoms with E-state index in [1.165, 1.54) is 0 Å². The number of aromatic nitrogens is 1. The number of nitrogens with zero attached hydrogens (tertiary/aromatic N) is 1. The monoisotopic (exact) mass is 268 g/mol. The fraction of sp³-hybridized carbons (Fsp3) is 0. The Kier molecular flexibility index (Phi) is 3.29. The summed E-state index contributed by atoms with van der Waals surface area (Å²) in [4.78, 5) is 0. The van der Waals surface area contributed by atoms with Crippen LogP contribution in [0.15, 0.2) is 0 Å². The van der Waals surface area contributed by atoms with E-state index in [1.54, 1.807) is 0 Å². The summed E-state index contributed by atoms with van der Waals surface area (Å²) in [5.74, 6) is -0.947. The van der Waals surface area contributed by atoms with E-state index in [-0.39, 0.29) is 20.2 Å². The molecule has 0 N–H and O–H groups in total. The maximum atomic E-state index is 12.9. The molecule has 0 unspecified atom stereocenters. The van der Waals surface area contributed by atoms with Crippen molar-refractivity contribution >= 4 is 58.2 Å². The molecule has 0 aliphatic rings. The number of rotatable bonds is 0. The van der Waals surface area contributed by atoms with E-state index in [9.17, 15) is 4.39 Å². The van der Waals surface area contributed by atoms with Crippen molar-refractivity contribution in [2.75, 3.05) is 0 Å². The first-order chi connectivity index (χ1) is 5.46. The van der Waals surface area contributed by atoms with Crippen LogP contribution >= 0.6 is 58.2 Å². The third-order valence-corrected chi connectivity index (χ3v) is 3.24. The van der Waals surface area contributed by atoms with E-state index in [0.29, 0.717) is 4.09 Å². The van der Waals surface area contributed by atoms with Crippen LogP contribution in [-0.4, -0.2) is 0 Å². The van der Waals surface area contributed by atoms with Gasteiger partial charge < -0.3 is 0 Å². The Morgan fingerprint density at radius 2 is 1.42 bits per heavy atom. The first kappa shape index (κ1) is 10.6. The van der Waals surface area contributed by atoms with Crippen LogP contribution in [0.25, 0.3) is 0 Å². The molecule has 1 nitrogen and oxygen atoms in total. The van der Waals surface area contributed by atoms with Gasteiger partial charge in [0.1, 0.15) is 5.02 Å². The molecule has 7 heteroatoms. The van der Waals surface area contributed by atoms with Gasteiger partial charge >= 0.3 is 11.1 Å². The quantitative estimate of drug-likeness (QED) is 0.632. The largest absolute Gasteiger partial charge is 0.402 e. The van der Waals surface area contributed by atoms with Crippen LogP contribution < -0.4 is 4.09 Å². The average molecular weight is 270 g/mol. The highest BCUT2D eigenvalue weighted by atomic mass is 35.5. The van der Waals surface area contributed by atoms with Crippen molar-refractivity contribution in [2.45, 2.75) is 0 Å². The Labute approximate surface area is 92.7 Å². The molecule has 0 aliphatic carbocycles. The summed E-state index contributed by atoms with van der Waals surface area (Å²) in [7, 11) is 0. The van der Waals surface area contributed by atoms with Crippen molar-refractivity contribution < 1.29 is 8.48 Å². The molecule has 1 aromatic heterocycles. The van der Waals surface area contributed by atoms with Gasteiger partial charge in [-0.25, -0.2) is 0 Å². The predicted octanol–water partition coefficient (Wildman–Crippen LogP) is 3.73. The van der Waals surface area contributed by atoms with Gasteiger partial charge in [0.25, 0.3) is 11.8 Å². The minimum absolute atomic E-state index is 0.0836. The van der Waals surface area contributed by atoms with E-state index in [0.717, 1.165) is 0 Å². The summed E-state index contributed by atoms with van der Waals surface area (Å²) in [5, 5.41) is -0.816. The Hall–Kier alpha value is 0.530. The Balaban J connectivity index is 3.60. The van der Waals surface area contributed by atoms with Gasteiger partial charge in [0.15, 0.2) is 5.02 Å². The maximum absolute atomic E-state index is 12.9. The van der Waals surface area contributed by atoms with Gasteiger partial charge in [-0.15, -0.1) is 4.39 Å². The Morgan fingerprint density at radius 3 is 1.92 bits per heavy atom. The van der Waals surface area contributed by atoms with Gasteiger partial charge in [-0.2, -0.15) is 0 Å². The second kappa shape index (κ2) is 3.72. The molecule has 0 atom stereocenters. The maximum Gasteiger partial charge on any atom is 0.402 e. The third-order valence-electron chi connectivity index (χ3n) is 1.09. The minimum atomic E-state index is -0.947. The van der Waals surface area contributed by atoms with Gasteiger partial charge in [-0.3, -0.25) is 0 Å². The SMILES string of the molecule is Fc1c(Cl)c(Cl)c(Cl)c(Cl)[n+]1Cl. The number of hydrogen-bond donors (Lipinski definition) is 0. The van der Waals surface area contributed by atoms with Crippen molar-refractivity contribution in [2.24, 2.45) is 0 Å². The third kappa shape index (κ3) is 1.59. The number of hydrogen-bond acceptors (Lipinski definition) is 0. The highest BCUT2D eigenvalue weighted by Crippen LogP contribution is 2.34. The van der Waals surface area contributed by atoms with Crippen LogP contribution in [0.3, 0.4) is 0 Å². The van der Waals surface area contributed by atoms with Gasteiger partial charge in [-0.1, -0.05) is 34.8 Å². The molecule has 0 spiro atoms. The second-order valence-electron chi connectivity index (χ2n) is 1.80. The molecule has 0 amide bonds. The zero-order valence-corrected chi connectivity index (χ0v) is 8.99. The summed E-state index contributed by atoms with van der Waals surface area (Å²) < 4.78 is 13.4. The van der Waals surface area contributed by atoms with Crippen LogP contribution in [0, 0.1) is 5.95 Å². The smallest absolute Gasteiger partial charge is 0.133 e. The average Bonchev–Trinajstić information content (AvgIpc) is 2.08. The molecule has 1 rings (SSSR count). The van der Waals surface area contributed by atoms with Gasteiger partial charge in [0, 0.05) is 0 Å². The Bertz CT molecular complexity index is 234. The second-order valence-corrected chi connectivity index (χ2v) is 3.63. The molecule has 0 aliphatic heterocycles. The fourth-order valence-electron chi connectivity index (χ4n) is 0.536. The molecular weight excluding hydrogens is 270 g/mol. The van der Waals surface area contributed by atoms with E-state index < -0.39 is 5.95 Å². The molecule has 12 heavy (non-hydrogen) atoms. The van der Waals surface area contributed by atoms with E-state index in [4.69, 9.17) is 58.2 Å². The van der Waals surface area contributed by atoms with Gasteiger partial charge in [0.2, 0.25) is 0 Å². The fourth-order valence-corrected chi connectivity index (χ4v) is 1.58. The molecule has 1 heterocycles. The zero-order chi connectivity index (χ0) is 9.46. The normalized spacial score (nSPS) is 10.5. The summed E-state index contributed by atoms with van der Waals surface area (Å²) >= 11 is 27.3. The van der Waals surface area contributed by atoms with Gasteiger partial charge in [0.05, 0.1) is 5.02 Å². The zero-order valence-electron chi connectivity index (χ0n) is 5.22. The lowest BCUT2D eigenvalue weighted by molar-refractivity contribution is -0.552. The Morgan fingerprint density at radius 1 is 0.917 bits per heavy atom. The molecule has 0 bridgehead atoms. The summed E-state index contributed by atoms with van der Waals surface area (Å²) in [6, 6.07) is 0. The van der Waals surface area contributed by atoms with Crippen LogP contribution in [0.2, 0.25) is 20.2 Å². The van der Waals surface area contributed by atoms with Crippen LogP contribution in [-0.2, 0) is 0 Å². The number of halogens is 6. The molecule has 0 saturated heterocycles. The van der Waals surface area contributed by atoms with Crippen LogP contribution in [0.1, 0.15) is 0 Å². The van der Waals surface area contributed by atoms with Crippen molar-refractivity contribution in [3.05, 3.63) is 26.2 Å². The lowest BCUT2D eigenvalue weighted by Crippen LogP contribution is -2.28. The number of pyridine rings is 1. The van der Waals surface area contributed by atoms with Crippen molar-refractivity contribution in [1.82, 2.24) is 0 Å². The summed E-state index contributed by atoms with van der Waals surface area (Å²) in [5.41, 5.74) is 0. The molecule has 0 radical (unpaired) electrons. The first-order valence-corrected chi connectivity index (χ1v) is 4.41. The first-order valence-electron chi connectivity index (χ1n) is 2.56. The summed E-state index contributed by atoms with van der Waals surface area (Å²) in [6.07, 6.45) is 0. The van der Waals surface area contributed by atoms with E-state index >= 15 is 0 Å². The molecule has 1 aromatic rings.